The van der Waals surface area contributed by atoms with Gasteiger partial charge in [-0.05, 0) is 31.5 Å². The molecule has 0 aromatic heterocycles. The van der Waals surface area contributed by atoms with E-state index >= 15 is 0 Å². The van der Waals surface area contributed by atoms with Crippen LogP contribution in [0.3, 0.4) is 0 Å². The summed E-state index contributed by atoms with van der Waals surface area (Å²) < 4.78 is 5.50. The number of piperazine rings is 1. The number of hydrogen-bond acceptors (Lipinski definition) is 4. The Bertz CT molecular complexity index is 609. The molecule has 1 heterocycles. The molecule has 0 bridgehead atoms. The zero-order chi connectivity index (χ0) is 19.8. The standard InChI is InChI=1S/C21H37N5O/c1-16(2)19(26-11-9-25(5)10-12-26)15-24-21(22-4)23-14-18-8-7-17(3)13-20(18)27-6/h7-8,13,16,19H,9-12,14-15H2,1-6H3,(H2,22,23,24). The molecule has 0 spiro atoms. The highest BCUT2D eigenvalue weighted by Gasteiger charge is 2.25. The van der Waals surface area contributed by atoms with Gasteiger partial charge in [0.05, 0.1) is 7.11 Å². The molecule has 1 aliphatic heterocycles. The van der Waals surface area contributed by atoms with Crippen LogP contribution in [0.15, 0.2) is 23.2 Å². The molecule has 1 saturated heterocycles. The van der Waals surface area contributed by atoms with Crippen molar-refractivity contribution < 1.29 is 4.74 Å². The van der Waals surface area contributed by atoms with Gasteiger partial charge in [-0.15, -0.1) is 0 Å². The molecule has 0 saturated carbocycles. The lowest BCUT2D eigenvalue weighted by Gasteiger charge is -2.40. The molecule has 152 valence electrons. The number of nitrogens with one attached hydrogen (secondary N) is 2. The van der Waals surface area contributed by atoms with Crippen molar-refractivity contribution in [2.45, 2.75) is 33.4 Å². The SMILES string of the molecule is CN=C(NCc1ccc(C)cc1OC)NCC(C(C)C)N1CCN(C)CC1. The van der Waals surface area contributed by atoms with Gasteiger partial charge in [0.2, 0.25) is 0 Å². The normalized spacial score (nSPS) is 17.8. The Morgan fingerprint density at radius 3 is 2.48 bits per heavy atom. The summed E-state index contributed by atoms with van der Waals surface area (Å²) >= 11 is 0. The maximum absolute atomic E-state index is 5.50. The van der Waals surface area contributed by atoms with E-state index in [9.17, 15) is 0 Å². The number of methoxy groups -OCH3 is 1. The topological polar surface area (TPSA) is 52.1 Å². The Balaban J connectivity index is 1.90. The lowest BCUT2D eigenvalue weighted by molar-refractivity contribution is 0.0900. The summed E-state index contributed by atoms with van der Waals surface area (Å²) in [6, 6.07) is 6.79. The predicted octanol–water partition coefficient (Wildman–Crippen LogP) is 1.94. The van der Waals surface area contributed by atoms with Crippen molar-refractivity contribution in [2.75, 3.05) is 53.9 Å². The maximum atomic E-state index is 5.50. The molecule has 0 radical (unpaired) electrons. The Hall–Kier alpha value is -1.79. The molecule has 0 amide bonds. The Morgan fingerprint density at radius 2 is 1.89 bits per heavy atom. The van der Waals surface area contributed by atoms with Gasteiger partial charge in [-0.1, -0.05) is 26.0 Å². The number of aliphatic imine (C=N–C) groups is 1. The van der Waals surface area contributed by atoms with E-state index in [1.54, 1.807) is 7.11 Å². The summed E-state index contributed by atoms with van der Waals surface area (Å²) in [5.74, 6) is 2.34. The van der Waals surface area contributed by atoms with E-state index in [0.29, 0.717) is 18.5 Å². The quantitative estimate of drug-likeness (QED) is 0.563. The predicted molar refractivity (Wildman–Crippen MR) is 114 cm³/mol. The van der Waals surface area contributed by atoms with Gasteiger partial charge < -0.3 is 20.3 Å². The number of hydrogen-bond donors (Lipinski definition) is 2. The molecule has 2 rings (SSSR count). The Kier molecular flexibility index (Phi) is 8.38. The minimum atomic E-state index is 0.506. The minimum Gasteiger partial charge on any atom is -0.496 e. The van der Waals surface area contributed by atoms with Crippen molar-refractivity contribution in [1.29, 1.82) is 0 Å². The Labute approximate surface area is 165 Å². The van der Waals surface area contributed by atoms with Crippen LogP contribution < -0.4 is 15.4 Å². The number of guanidine groups is 1. The first-order valence-electron chi connectivity index (χ1n) is 9.95. The van der Waals surface area contributed by atoms with E-state index in [1.807, 2.05) is 7.05 Å². The van der Waals surface area contributed by atoms with E-state index in [2.05, 4.69) is 71.4 Å². The van der Waals surface area contributed by atoms with Crippen molar-refractivity contribution in [3.8, 4) is 5.75 Å². The largest absolute Gasteiger partial charge is 0.496 e. The summed E-state index contributed by atoms with van der Waals surface area (Å²) in [6.45, 7) is 12.8. The second kappa shape index (κ2) is 10.5. The number of aryl methyl sites for hydroxylation is 1. The van der Waals surface area contributed by atoms with Gasteiger partial charge in [-0.25, -0.2) is 0 Å². The lowest BCUT2D eigenvalue weighted by Crippen LogP contribution is -2.55. The van der Waals surface area contributed by atoms with Gasteiger partial charge in [0.15, 0.2) is 5.96 Å². The second-order valence-electron chi connectivity index (χ2n) is 7.77. The van der Waals surface area contributed by atoms with Crippen molar-refractivity contribution in [3.63, 3.8) is 0 Å². The summed E-state index contributed by atoms with van der Waals surface area (Å²) in [7, 11) is 5.74. The molecule has 0 aliphatic carbocycles. The number of ether oxygens (including phenoxy) is 1. The van der Waals surface area contributed by atoms with Crippen LogP contribution in [0.1, 0.15) is 25.0 Å². The molecule has 6 nitrogen and oxygen atoms in total. The average molecular weight is 376 g/mol. The molecule has 1 unspecified atom stereocenters. The molecule has 2 N–H and O–H groups in total. The van der Waals surface area contributed by atoms with E-state index in [-0.39, 0.29) is 0 Å². The lowest BCUT2D eigenvalue weighted by atomic mass is 10.0. The first-order chi connectivity index (χ1) is 12.9. The van der Waals surface area contributed by atoms with Crippen molar-refractivity contribution in [2.24, 2.45) is 10.9 Å². The first kappa shape index (κ1) is 21.5. The first-order valence-corrected chi connectivity index (χ1v) is 9.95. The zero-order valence-corrected chi connectivity index (χ0v) is 17.9. The molecule has 1 atom stereocenters. The molecular formula is C21H37N5O. The van der Waals surface area contributed by atoms with E-state index < -0.39 is 0 Å². The van der Waals surface area contributed by atoms with E-state index in [4.69, 9.17) is 4.74 Å². The molecule has 1 aromatic rings. The van der Waals surface area contributed by atoms with Gasteiger partial charge >= 0.3 is 0 Å². The fraction of sp³-hybridized carbons (Fsp3) is 0.667. The van der Waals surface area contributed by atoms with Crippen LogP contribution in [0.25, 0.3) is 0 Å². The second-order valence-corrected chi connectivity index (χ2v) is 7.77. The van der Waals surface area contributed by atoms with Gasteiger partial charge in [-0.2, -0.15) is 0 Å². The molecule has 1 aliphatic rings. The van der Waals surface area contributed by atoms with Crippen molar-refractivity contribution in [1.82, 2.24) is 20.4 Å². The van der Waals surface area contributed by atoms with Crippen LogP contribution in [-0.2, 0) is 6.54 Å². The van der Waals surface area contributed by atoms with E-state index in [1.165, 1.54) is 5.56 Å². The third-order valence-corrected chi connectivity index (χ3v) is 5.37. The summed E-state index contributed by atoms with van der Waals surface area (Å²) in [5, 5.41) is 6.94. The van der Waals surface area contributed by atoms with Crippen molar-refractivity contribution >= 4 is 5.96 Å². The summed E-state index contributed by atoms with van der Waals surface area (Å²) in [5.41, 5.74) is 2.33. The molecule has 6 heteroatoms. The van der Waals surface area contributed by atoms with Gasteiger partial charge in [-0.3, -0.25) is 9.89 Å². The number of rotatable bonds is 7. The third-order valence-electron chi connectivity index (χ3n) is 5.37. The van der Waals surface area contributed by atoms with Crippen LogP contribution in [0.4, 0.5) is 0 Å². The van der Waals surface area contributed by atoms with Gasteiger partial charge in [0, 0.05) is 57.9 Å². The highest BCUT2D eigenvalue weighted by Crippen LogP contribution is 2.19. The summed E-state index contributed by atoms with van der Waals surface area (Å²) in [4.78, 5) is 9.40. The maximum Gasteiger partial charge on any atom is 0.191 e. The van der Waals surface area contributed by atoms with E-state index in [0.717, 1.165) is 50.0 Å². The average Bonchev–Trinajstić information content (AvgIpc) is 2.66. The Morgan fingerprint density at radius 1 is 1.19 bits per heavy atom. The number of benzene rings is 1. The highest BCUT2D eigenvalue weighted by molar-refractivity contribution is 5.79. The van der Waals surface area contributed by atoms with Gasteiger partial charge in [0.1, 0.15) is 5.75 Å². The highest BCUT2D eigenvalue weighted by atomic mass is 16.5. The smallest absolute Gasteiger partial charge is 0.191 e. The fourth-order valence-electron chi connectivity index (χ4n) is 3.54. The van der Waals surface area contributed by atoms with Crippen LogP contribution in [0.5, 0.6) is 5.75 Å². The van der Waals surface area contributed by atoms with Crippen LogP contribution >= 0.6 is 0 Å². The molecule has 27 heavy (non-hydrogen) atoms. The van der Waals surface area contributed by atoms with Crippen molar-refractivity contribution in [3.05, 3.63) is 29.3 Å². The zero-order valence-electron chi connectivity index (χ0n) is 17.9. The van der Waals surface area contributed by atoms with Crippen LogP contribution in [0, 0.1) is 12.8 Å². The minimum absolute atomic E-state index is 0.506. The third kappa shape index (κ3) is 6.40. The number of likely N-dealkylation sites (N-methyl/N-ethyl adjacent to an activating group) is 1. The van der Waals surface area contributed by atoms with Crippen LogP contribution in [0.2, 0.25) is 0 Å². The monoisotopic (exact) mass is 375 g/mol. The molecule has 1 aromatic carbocycles. The van der Waals surface area contributed by atoms with Crippen LogP contribution in [-0.4, -0.2) is 75.7 Å². The number of nitrogens with zero attached hydrogens (tertiary/aromatic N) is 3. The fourth-order valence-corrected chi connectivity index (χ4v) is 3.54. The molecule has 1 fully saturated rings. The molecular weight excluding hydrogens is 338 g/mol. The summed E-state index contributed by atoms with van der Waals surface area (Å²) in [6.07, 6.45) is 0. The van der Waals surface area contributed by atoms with Gasteiger partial charge in [0.25, 0.3) is 0 Å².